The first-order valence-corrected chi connectivity index (χ1v) is 3.73. The van der Waals surface area contributed by atoms with Crippen molar-refractivity contribution in [3.63, 3.8) is 0 Å². The van der Waals surface area contributed by atoms with Gasteiger partial charge in [-0.15, -0.1) is 10.2 Å². The summed E-state index contributed by atoms with van der Waals surface area (Å²) in [5.41, 5.74) is 1.87. The molecular formula is C8H9N3O. The van der Waals surface area contributed by atoms with E-state index in [1.807, 2.05) is 25.3 Å². The Morgan fingerprint density at radius 1 is 1.50 bits per heavy atom. The van der Waals surface area contributed by atoms with Gasteiger partial charge in [0.25, 0.3) is 0 Å². The smallest absolute Gasteiger partial charge is 0.163 e. The number of fused-ring (bicyclic) bond motifs is 1. The fraction of sp³-hybridized carbons (Fsp3) is 0.250. The third-order valence-corrected chi connectivity index (χ3v) is 1.84. The van der Waals surface area contributed by atoms with E-state index in [1.165, 1.54) is 0 Å². The number of pyridine rings is 1. The Balaban J connectivity index is 2.80. The molecule has 4 nitrogen and oxygen atoms in total. The molecule has 2 aromatic rings. The summed E-state index contributed by atoms with van der Waals surface area (Å²) in [7, 11) is 0. The Morgan fingerprint density at radius 2 is 2.33 bits per heavy atom. The summed E-state index contributed by atoms with van der Waals surface area (Å²) in [5, 5.41) is 16.7. The highest BCUT2D eigenvalue weighted by Crippen LogP contribution is 2.07. The summed E-state index contributed by atoms with van der Waals surface area (Å²) >= 11 is 0. The van der Waals surface area contributed by atoms with Gasteiger partial charge in [-0.1, -0.05) is 6.07 Å². The maximum absolute atomic E-state index is 8.89. The van der Waals surface area contributed by atoms with Gasteiger partial charge in [0.1, 0.15) is 6.61 Å². The highest BCUT2D eigenvalue weighted by molar-refractivity contribution is 5.46. The molecular weight excluding hydrogens is 154 g/mol. The average molecular weight is 163 g/mol. The van der Waals surface area contributed by atoms with E-state index in [4.69, 9.17) is 5.11 Å². The van der Waals surface area contributed by atoms with E-state index in [0.29, 0.717) is 5.82 Å². The topological polar surface area (TPSA) is 50.4 Å². The van der Waals surface area contributed by atoms with Crippen LogP contribution in [0, 0.1) is 6.92 Å². The molecule has 0 fully saturated rings. The lowest BCUT2D eigenvalue weighted by Crippen LogP contribution is -1.93. The molecule has 2 rings (SSSR count). The molecule has 0 atom stereocenters. The van der Waals surface area contributed by atoms with Crippen molar-refractivity contribution >= 4 is 5.65 Å². The highest BCUT2D eigenvalue weighted by atomic mass is 16.3. The molecule has 0 saturated carbocycles. The maximum Gasteiger partial charge on any atom is 0.163 e. The first-order valence-electron chi connectivity index (χ1n) is 3.73. The van der Waals surface area contributed by atoms with Crippen LogP contribution in [-0.2, 0) is 6.61 Å². The van der Waals surface area contributed by atoms with Crippen LogP contribution in [0.1, 0.15) is 11.4 Å². The van der Waals surface area contributed by atoms with E-state index < -0.39 is 0 Å². The van der Waals surface area contributed by atoms with Gasteiger partial charge in [0.05, 0.1) is 0 Å². The van der Waals surface area contributed by atoms with E-state index in [9.17, 15) is 0 Å². The van der Waals surface area contributed by atoms with Gasteiger partial charge in [-0.25, -0.2) is 0 Å². The summed E-state index contributed by atoms with van der Waals surface area (Å²) < 4.78 is 1.79. The number of aromatic nitrogens is 3. The first-order chi connectivity index (χ1) is 5.83. The van der Waals surface area contributed by atoms with Crippen molar-refractivity contribution in [2.24, 2.45) is 0 Å². The number of rotatable bonds is 1. The second-order valence-electron chi connectivity index (χ2n) is 2.66. The summed E-state index contributed by atoms with van der Waals surface area (Å²) in [6, 6.07) is 3.87. The van der Waals surface area contributed by atoms with Crippen LogP contribution in [0.5, 0.6) is 0 Å². The standard InChI is InChI=1S/C8H9N3O/c1-6-3-2-4-11-7(5-12)9-10-8(6)11/h2-4,12H,5H2,1H3. The second-order valence-corrected chi connectivity index (χ2v) is 2.66. The molecule has 1 N–H and O–H groups in total. The number of aliphatic hydroxyl groups is 1. The van der Waals surface area contributed by atoms with Crippen LogP contribution in [0.3, 0.4) is 0 Å². The molecule has 0 spiro atoms. The van der Waals surface area contributed by atoms with Crippen molar-refractivity contribution in [3.8, 4) is 0 Å². The molecule has 4 heteroatoms. The van der Waals surface area contributed by atoms with Crippen molar-refractivity contribution in [2.75, 3.05) is 0 Å². The lowest BCUT2D eigenvalue weighted by atomic mass is 10.3. The lowest BCUT2D eigenvalue weighted by Gasteiger charge is -1.96. The molecule has 12 heavy (non-hydrogen) atoms. The molecule has 0 aliphatic heterocycles. The summed E-state index contributed by atoms with van der Waals surface area (Å²) in [4.78, 5) is 0. The Kier molecular flexibility index (Phi) is 1.55. The van der Waals surface area contributed by atoms with Gasteiger partial charge in [0.2, 0.25) is 0 Å². The minimum atomic E-state index is -0.0788. The third kappa shape index (κ3) is 0.887. The van der Waals surface area contributed by atoms with Crippen LogP contribution in [0.15, 0.2) is 18.3 Å². The number of hydrogen-bond donors (Lipinski definition) is 1. The minimum absolute atomic E-state index is 0.0788. The van der Waals surface area contributed by atoms with Gasteiger partial charge in [-0.2, -0.15) is 0 Å². The van der Waals surface area contributed by atoms with Crippen molar-refractivity contribution in [2.45, 2.75) is 13.5 Å². The largest absolute Gasteiger partial charge is 0.388 e. The van der Waals surface area contributed by atoms with Crippen LogP contribution in [-0.4, -0.2) is 19.7 Å². The number of nitrogens with zero attached hydrogens (tertiary/aromatic N) is 3. The Labute approximate surface area is 69.5 Å². The van der Waals surface area contributed by atoms with Crippen LogP contribution < -0.4 is 0 Å². The maximum atomic E-state index is 8.89. The minimum Gasteiger partial charge on any atom is -0.388 e. The summed E-state index contributed by atoms with van der Waals surface area (Å²) in [5.74, 6) is 0.578. The number of aliphatic hydroxyl groups excluding tert-OH is 1. The number of hydrogen-bond acceptors (Lipinski definition) is 3. The molecule has 0 saturated heterocycles. The molecule has 0 radical (unpaired) electrons. The predicted molar refractivity (Wildman–Crippen MR) is 43.6 cm³/mol. The quantitative estimate of drug-likeness (QED) is 0.667. The third-order valence-electron chi connectivity index (χ3n) is 1.84. The second kappa shape index (κ2) is 2.57. The van der Waals surface area contributed by atoms with E-state index >= 15 is 0 Å². The summed E-state index contributed by atoms with van der Waals surface area (Å²) in [6.07, 6.45) is 1.84. The molecule has 62 valence electrons. The van der Waals surface area contributed by atoms with Crippen molar-refractivity contribution in [3.05, 3.63) is 29.7 Å². The molecule has 0 bridgehead atoms. The zero-order valence-electron chi connectivity index (χ0n) is 6.73. The van der Waals surface area contributed by atoms with Crippen LogP contribution in [0.2, 0.25) is 0 Å². The first kappa shape index (κ1) is 7.24. The molecule has 2 heterocycles. The van der Waals surface area contributed by atoms with E-state index in [0.717, 1.165) is 11.2 Å². The molecule has 2 aromatic heterocycles. The Morgan fingerprint density at radius 3 is 3.08 bits per heavy atom. The highest BCUT2D eigenvalue weighted by Gasteiger charge is 2.03. The Hall–Kier alpha value is -1.42. The average Bonchev–Trinajstić information content (AvgIpc) is 2.49. The Bertz CT molecular complexity index is 408. The monoisotopic (exact) mass is 163 g/mol. The van der Waals surface area contributed by atoms with Gasteiger partial charge >= 0.3 is 0 Å². The van der Waals surface area contributed by atoms with E-state index in [-0.39, 0.29) is 6.61 Å². The van der Waals surface area contributed by atoms with E-state index in [1.54, 1.807) is 4.40 Å². The molecule has 0 aliphatic carbocycles. The fourth-order valence-corrected chi connectivity index (χ4v) is 1.20. The fourth-order valence-electron chi connectivity index (χ4n) is 1.20. The van der Waals surface area contributed by atoms with Gasteiger partial charge in [0.15, 0.2) is 11.5 Å². The molecule has 0 aliphatic rings. The van der Waals surface area contributed by atoms with Crippen LogP contribution in [0.4, 0.5) is 0 Å². The molecule has 0 unspecified atom stereocenters. The molecule has 0 aromatic carbocycles. The van der Waals surface area contributed by atoms with Crippen molar-refractivity contribution in [1.82, 2.24) is 14.6 Å². The van der Waals surface area contributed by atoms with E-state index in [2.05, 4.69) is 10.2 Å². The summed E-state index contributed by atoms with van der Waals surface area (Å²) in [6.45, 7) is 1.88. The zero-order valence-corrected chi connectivity index (χ0v) is 6.73. The van der Waals surface area contributed by atoms with Gasteiger partial charge < -0.3 is 5.11 Å². The van der Waals surface area contributed by atoms with Gasteiger partial charge in [-0.05, 0) is 18.6 Å². The van der Waals surface area contributed by atoms with Crippen molar-refractivity contribution in [1.29, 1.82) is 0 Å². The zero-order chi connectivity index (χ0) is 8.55. The van der Waals surface area contributed by atoms with Gasteiger partial charge in [-0.3, -0.25) is 4.40 Å². The van der Waals surface area contributed by atoms with Gasteiger partial charge in [0, 0.05) is 6.20 Å². The van der Waals surface area contributed by atoms with Crippen LogP contribution in [0.25, 0.3) is 5.65 Å². The van der Waals surface area contributed by atoms with Crippen LogP contribution >= 0.6 is 0 Å². The molecule has 0 amide bonds. The predicted octanol–water partition coefficient (Wildman–Crippen LogP) is 0.530. The van der Waals surface area contributed by atoms with Crippen molar-refractivity contribution < 1.29 is 5.11 Å². The number of aryl methyl sites for hydroxylation is 1. The lowest BCUT2D eigenvalue weighted by molar-refractivity contribution is 0.270. The normalized spacial score (nSPS) is 10.8. The SMILES string of the molecule is Cc1cccn2c(CO)nnc12.